The summed E-state index contributed by atoms with van der Waals surface area (Å²) in [5, 5.41) is 9.05. The van der Waals surface area contributed by atoms with E-state index in [1.165, 1.54) is 0 Å². The van der Waals surface area contributed by atoms with E-state index in [-0.39, 0.29) is 47.5 Å². The Balaban J connectivity index is 1.66. The third-order valence-corrected chi connectivity index (χ3v) is 6.85. The van der Waals surface area contributed by atoms with Crippen molar-refractivity contribution in [3.05, 3.63) is 0 Å². The van der Waals surface area contributed by atoms with Crippen LogP contribution in [0.1, 0.15) is 90.9 Å². The quantitative estimate of drug-likeness (QED) is 0.378. The average Bonchev–Trinajstić information content (AvgIpc) is 2.76. The fourth-order valence-electron chi connectivity index (χ4n) is 4.76. The molecule has 1 unspecified atom stereocenters. The summed E-state index contributed by atoms with van der Waals surface area (Å²) >= 11 is 0. The number of rotatable bonds is 11. The van der Waals surface area contributed by atoms with E-state index in [1.54, 1.807) is 6.92 Å². The van der Waals surface area contributed by atoms with Crippen LogP contribution in [-0.2, 0) is 28.7 Å². The van der Waals surface area contributed by atoms with Crippen LogP contribution in [0.5, 0.6) is 0 Å². The van der Waals surface area contributed by atoms with Gasteiger partial charge in [-0.15, -0.1) is 0 Å². The molecule has 1 atom stereocenters. The Labute approximate surface area is 185 Å². The largest absolute Gasteiger partial charge is 0.481 e. The zero-order chi connectivity index (χ0) is 22.8. The molecule has 31 heavy (non-hydrogen) atoms. The summed E-state index contributed by atoms with van der Waals surface area (Å²) in [6.45, 7) is 3.96. The van der Waals surface area contributed by atoms with Crippen molar-refractivity contribution in [3.8, 4) is 0 Å². The van der Waals surface area contributed by atoms with Crippen molar-refractivity contribution in [2.75, 3.05) is 6.61 Å². The summed E-state index contributed by atoms with van der Waals surface area (Å²) < 4.78 is 11.2. The Morgan fingerprint density at radius 1 is 0.806 bits per heavy atom. The average molecular weight is 439 g/mol. The molecule has 0 aliphatic heterocycles. The highest BCUT2D eigenvalue weighted by Gasteiger charge is 2.32. The molecule has 2 saturated carbocycles. The molecule has 0 heterocycles. The number of hydrogen-bond donors (Lipinski definition) is 1. The Kier molecular flexibility index (Phi) is 10.5. The van der Waals surface area contributed by atoms with Gasteiger partial charge in [0.15, 0.2) is 0 Å². The first-order chi connectivity index (χ1) is 14.8. The molecule has 1 N–H and O–H groups in total. The summed E-state index contributed by atoms with van der Waals surface area (Å²) in [5.41, 5.74) is 0. The van der Waals surface area contributed by atoms with Crippen LogP contribution in [0.4, 0.5) is 0 Å². The second-order valence-corrected chi connectivity index (χ2v) is 9.20. The molecule has 2 rings (SSSR count). The lowest BCUT2D eigenvalue weighted by Gasteiger charge is -2.27. The first-order valence-corrected chi connectivity index (χ1v) is 11.9. The van der Waals surface area contributed by atoms with E-state index in [4.69, 9.17) is 14.6 Å². The molecule has 0 aromatic heterocycles. The first-order valence-electron chi connectivity index (χ1n) is 11.9. The van der Waals surface area contributed by atoms with Crippen molar-refractivity contribution in [1.82, 2.24) is 0 Å². The molecular weight excluding hydrogens is 400 g/mol. The monoisotopic (exact) mass is 438 g/mol. The number of ketones is 1. The van der Waals surface area contributed by atoms with Crippen LogP contribution in [-0.4, -0.2) is 41.5 Å². The van der Waals surface area contributed by atoms with E-state index >= 15 is 0 Å². The van der Waals surface area contributed by atoms with Crippen molar-refractivity contribution < 1.29 is 33.8 Å². The standard InChI is InChI=1S/C24H38O7/c1-3-5-21(31-24(29)20-11-7-17(8-12-20)16(2)25)6-4-15-30-23(28)19-13-9-18(10-14-19)22(26)27/h17-21H,3-15H2,1-2H3,(H,26,27). The van der Waals surface area contributed by atoms with Crippen molar-refractivity contribution in [3.63, 3.8) is 0 Å². The van der Waals surface area contributed by atoms with Crippen molar-refractivity contribution in [2.45, 2.75) is 97.0 Å². The molecule has 0 radical (unpaired) electrons. The van der Waals surface area contributed by atoms with Gasteiger partial charge in [-0.05, 0) is 77.6 Å². The van der Waals surface area contributed by atoms with Crippen LogP contribution in [0.3, 0.4) is 0 Å². The predicted octanol–water partition coefficient (Wildman–Crippen LogP) is 4.31. The molecule has 7 heteroatoms. The minimum Gasteiger partial charge on any atom is -0.481 e. The zero-order valence-electron chi connectivity index (χ0n) is 19.0. The van der Waals surface area contributed by atoms with Gasteiger partial charge in [0.05, 0.1) is 24.4 Å². The highest BCUT2D eigenvalue weighted by atomic mass is 16.5. The Bertz CT molecular complexity index is 613. The predicted molar refractivity (Wildman–Crippen MR) is 114 cm³/mol. The van der Waals surface area contributed by atoms with Gasteiger partial charge in [0.2, 0.25) is 0 Å². The molecule has 0 spiro atoms. The maximum Gasteiger partial charge on any atom is 0.309 e. The summed E-state index contributed by atoms with van der Waals surface area (Å²) in [4.78, 5) is 47.3. The van der Waals surface area contributed by atoms with Crippen molar-refractivity contribution >= 4 is 23.7 Å². The Morgan fingerprint density at radius 3 is 1.84 bits per heavy atom. The number of carbonyl (C=O) groups is 4. The van der Waals surface area contributed by atoms with E-state index in [0.29, 0.717) is 58.0 Å². The maximum atomic E-state index is 12.5. The SMILES string of the molecule is CCCC(CCCOC(=O)C1CCC(C(=O)O)CC1)OC(=O)C1CCC(C(C)=O)CC1. The van der Waals surface area contributed by atoms with Crippen molar-refractivity contribution in [1.29, 1.82) is 0 Å². The van der Waals surface area contributed by atoms with Gasteiger partial charge in [-0.1, -0.05) is 13.3 Å². The number of hydrogen-bond acceptors (Lipinski definition) is 6. The number of esters is 2. The Hall–Kier alpha value is -1.92. The van der Waals surface area contributed by atoms with Gasteiger partial charge in [0.1, 0.15) is 11.9 Å². The topological polar surface area (TPSA) is 107 Å². The third kappa shape index (κ3) is 8.26. The molecule has 0 saturated heterocycles. The van der Waals surface area contributed by atoms with Gasteiger partial charge in [-0.3, -0.25) is 19.2 Å². The normalized spacial score (nSPS) is 27.2. The highest BCUT2D eigenvalue weighted by Crippen LogP contribution is 2.31. The van der Waals surface area contributed by atoms with E-state index in [1.807, 2.05) is 6.92 Å². The minimum atomic E-state index is -0.782. The summed E-state index contributed by atoms with van der Waals surface area (Å²) in [7, 11) is 0. The third-order valence-electron chi connectivity index (χ3n) is 6.85. The lowest BCUT2D eigenvalue weighted by molar-refractivity contribution is -0.158. The maximum absolute atomic E-state index is 12.5. The lowest BCUT2D eigenvalue weighted by Crippen LogP contribution is -2.29. The second kappa shape index (κ2) is 12.8. The molecule has 2 aliphatic rings. The number of carbonyl (C=O) groups excluding carboxylic acids is 3. The second-order valence-electron chi connectivity index (χ2n) is 9.20. The van der Waals surface area contributed by atoms with Gasteiger partial charge >= 0.3 is 17.9 Å². The van der Waals surface area contributed by atoms with Crippen molar-refractivity contribution in [2.24, 2.45) is 23.7 Å². The van der Waals surface area contributed by atoms with Crippen LogP contribution in [0.15, 0.2) is 0 Å². The molecule has 0 aromatic rings. The minimum absolute atomic E-state index is 0.0874. The number of aliphatic carboxylic acids is 1. The molecular formula is C24H38O7. The zero-order valence-corrected chi connectivity index (χ0v) is 19.0. The van der Waals surface area contributed by atoms with Crippen LogP contribution in [0, 0.1) is 23.7 Å². The highest BCUT2D eigenvalue weighted by molar-refractivity contribution is 5.79. The molecule has 0 amide bonds. The van der Waals surface area contributed by atoms with E-state index in [2.05, 4.69) is 0 Å². The number of carboxylic acids is 1. The fourth-order valence-corrected chi connectivity index (χ4v) is 4.76. The van der Waals surface area contributed by atoms with Gasteiger partial charge in [0, 0.05) is 5.92 Å². The van der Waals surface area contributed by atoms with Gasteiger partial charge in [0.25, 0.3) is 0 Å². The van der Waals surface area contributed by atoms with Gasteiger partial charge < -0.3 is 14.6 Å². The molecule has 0 bridgehead atoms. The number of ether oxygens (including phenoxy) is 2. The molecule has 2 aliphatic carbocycles. The van der Waals surface area contributed by atoms with Crippen LogP contribution >= 0.6 is 0 Å². The fraction of sp³-hybridized carbons (Fsp3) is 0.833. The molecule has 2 fully saturated rings. The summed E-state index contributed by atoms with van der Waals surface area (Å²) in [6.07, 6.45) is 7.93. The van der Waals surface area contributed by atoms with E-state index in [0.717, 1.165) is 25.7 Å². The smallest absolute Gasteiger partial charge is 0.309 e. The van der Waals surface area contributed by atoms with Crippen LogP contribution in [0.2, 0.25) is 0 Å². The van der Waals surface area contributed by atoms with Crippen LogP contribution < -0.4 is 0 Å². The van der Waals surface area contributed by atoms with E-state index in [9.17, 15) is 19.2 Å². The first kappa shape index (κ1) is 25.3. The number of Topliss-reactive ketones (excluding diaryl/α,β-unsaturated/α-hetero) is 1. The van der Waals surface area contributed by atoms with Gasteiger partial charge in [-0.25, -0.2) is 0 Å². The molecule has 176 valence electrons. The summed E-state index contributed by atoms with van der Waals surface area (Å²) in [6, 6.07) is 0. The van der Waals surface area contributed by atoms with E-state index < -0.39 is 5.97 Å². The van der Waals surface area contributed by atoms with Gasteiger partial charge in [-0.2, -0.15) is 0 Å². The Morgan fingerprint density at radius 2 is 1.32 bits per heavy atom. The molecule has 7 nitrogen and oxygen atoms in total. The molecule has 0 aromatic carbocycles. The lowest BCUT2D eigenvalue weighted by atomic mass is 9.80. The van der Waals surface area contributed by atoms with Crippen LogP contribution in [0.25, 0.3) is 0 Å². The number of carboxylic acid groups (broad SMARTS) is 1. The summed E-state index contributed by atoms with van der Waals surface area (Å²) in [5.74, 6) is -1.55.